The molecule has 2 fully saturated rings. The zero-order chi connectivity index (χ0) is 13.2. The molecule has 0 spiro atoms. The van der Waals surface area contributed by atoms with Crippen LogP contribution in [0, 0.1) is 17.2 Å². The highest BCUT2D eigenvalue weighted by molar-refractivity contribution is 5.11. The Labute approximate surface area is 105 Å². The van der Waals surface area contributed by atoms with Crippen LogP contribution in [0.5, 0.6) is 0 Å². The molecule has 1 heterocycles. The van der Waals surface area contributed by atoms with Crippen molar-refractivity contribution >= 4 is 0 Å². The Morgan fingerprint density at radius 2 is 1.72 bits per heavy atom. The summed E-state index contributed by atoms with van der Waals surface area (Å²) >= 11 is 0. The number of alkyl halides is 3. The van der Waals surface area contributed by atoms with E-state index in [1.54, 1.807) is 0 Å². The first kappa shape index (κ1) is 13.6. The highest BCUT2D eigenvalue weighted by Gasteiger charge is 2.48. The van der Waals surface area contributed by atoms with Gasteiger partial charge in [0.1, 0.15) is 5.54 Å². The van der Waals surface area contributed by atoms with Crippen molar-refractivity contribution in [2.24, 2.45) is 5.92 Å². The summed E-state index contributed by atoms with van der Waals surface area (Å²) in [5.74, 6) is -1.24. The second kappa shape index (κ2) is 5.06. The standard InChI is InChI=1S/C12H17F3N2O/c13-12(14,15)10-1-3-11(9-16,4-2-10)17-5-7-18-8-6-17/h10H,1-8H2. The van der Waals surface area contributed by atoms with Gasteiger partial charge in [-0.3, -0.25) is 4.90 Å². The minimum atomic E-state index is -4.12. The molecule has 2 rings (SSSR count). The van der Waals surface area contributed by atoms with Crippen molar-refractivity contribution in [3.05, 3.63) is 0 Å². The minimum absolute atomic E-state index is 0.0639. The van der Waals surface area contributed by atoms with Crippen LogP contribution in [-0.4, -0.2) is 42.9 Å². The highest BCUT2D eigenvalue weighted by atomic mass is 19.4. The van der Waals surface area contributed by atoms with Gasteiger partial charge in [-0.05, 0) is 25.7 Å². The van der Waals surface area contributed by atoms with Crippen LogP contribution in [0.2, 0.25) is 0 Å². The van der Waals surface area contributed by atoms with Crippen LogP contribution in [0.25, 0.3) is 0 Å². The Morgan fingerprint density at radius 1 is 1.17 bits per heavy atom. The van der Waals surface area contributed by atoms with Gasteiger partial charge in [0.05, 0.1) is 25.2 Å². The normalized spacial score (nSPS) is 35.1. The lowest BCUT2D eigenvalue weighted by atomic mass is 9.75. The summed E-state index contributed by atoms with van der Waals surface area (Å²) in [7, 11) is 0. The van der Waals surface area contributed by atoms with Crippen molar-refractivity contribution in [2.75, 3.05) is 26.3 Å². The van der Waals surface area contributed by atoms with Gasteiger partial charge in [0, 0.05) is 13.1 Å². The molecule has 0 amide bonds. The zero-order valence-electron chi connectivity index (χ0n) is 10.2. The third-order valence-electron chi connectivity index (χ3n) is 4.10. The monoisotopic (exact) mass is 262 g/mol. The topological polar surface area (TPSA) is 36.3 Å². The van der Waals surface area contributed by atoms with Crippen LogP contribution in [0.3, 0.4) is 0 Å². The fraction of sp³-hybridized carbons (Fsp3) is 0.917. The molecule has 0 unspecified atom stereocenters. The maximum Gasteiger partial charge on any atom is 0.391 e. The van der Waals surface area contributed by atoms with Crippen LogP contribution in [0.1, 0.15) is 25.7 Å². The Hall–Kier alpha value is -0.800. The van der Waals surface area contributed by atoms with Crippen LogP contribution >= 0.6 is 0 Å². The van der Waals surface area contributed by atoms with Crippen molar-refractivity contribution in [3.8, 4) is 6.07 Å². The SMILES string of the molecule is N#CC1(N2CCOCC2)CCC(C(F)(F)F)CC1. The molecule has 1 saturated heterocycles. The predicted octanol–water partition coefficient (Wildman–Crippen LogP) is 2.33. The fourth-order valence-corrected chi connectivity index (χ4v) is 2.91. The summed E-state index contributed by atoms with van der Waals surface area (Å²) in [6, 6.07) is 2.26. The lowest BCUT2D eigenvalue weighted by Crippen LogP contribution is -2.55. The van der Waals surface area contributed by atoms with Crippen molar-refractivity contribution < 1.29 is 17.9 Å². The van der Waals surface area contributed by atoms with E-state index in [0.717, 1.165) is 0 Å². The molecule has 0 bridgehead atoms. The first-order valence-electron chi connectivity index (χ1n) is 6.29. The van der Waals surface area contributed by atoms with Crippen LogP contribution in [0.4, 0.5) is 13.2 Å². The molecule has 0 atom stereocenters. The van der Waals surface area contributed by atoms with E-state index in [1.807, 2.05) is 4.90 Å². The quantitative estimate of drug-likeness (QED) is 0.727. The van der Waals surface area contributed by atoms with E-state index in [0.29, 0.717) is 39.1 Å². The van der Waals surface area contributed by atoms with E-state index >= 15 is 0 Å². The molecule has 1 aliphatic heterocycles. The van der Waals surface area contributed by atoms with E-state index < -0.39 is 17.6 Å². The molecule has 2 aliphatic rings. The number of morpholine rings is 1. The smallest absolute Gasteiger partial charge is 0.379 e. The van der Waals surface area contributed by atoms with E-state index in [1.165, 1.54) is 0 Å². The highest BCUT2D eigenvalue weighted by Crippen LogP contribution is 2.43. The second-order valence-electron chi connectivity index (χ2n) is 5.06. The van der Waals surface area contributed by atoms with Crippen molar-refractivity contribution in [1.82, 2.24) is 4.90 Å². The Morgan fingerprint density at radius 3 is 2.17 bits per heavy atom. The first-order chi connectivity index (χ1) is 8.48. The third-order valence-corrected chi connectivity index (χ3v) is 4.10. The average molecular weight is 262 g/mol. The Kier molecular flexibility index (Phi) is 3.83. The number of nitrogens with zero attached hydrogens (tertiary/aromatic N) is 2. The Balaban J connectivity index is 2.02. The predicted molar refractivity (Wildman–Crippen MR) is 58.7 cm³/mol. The number of rotatable bonds is 1. The zero-order valence-corrected chi connectivity index (χ0v) is 10.2. The van der Waals surface area contributed by atoms with Crippen molar-refractivity contribution in [3.63, 3.8) is 0 Å². The van der Waals surface area contributed by atoms with Gasteiger partial charge in [0.15, 0.2) is 0 Å². The molecule has 18 heavy (non-hydrogen) atoms. The molecule has 0 aromatic heterocycles. The van der Waals surface area contributed by atoms with Gasteiger partial charge in [-0.2, -0.15) is 18.4 Å². The van der Waals surface area contributed by atoms with Gasteiger partial charge in [-0.15, -0.1) is 0 Å². The molecular formula is C12H17F3N2O. The van der Waals surface area contributed by atoms with E-state index in [-0.39, 0.29) is 12.8 Å². The van der Waals surface area contributed by atoms with Gasteiger partial charge in [0.25, 0.3) is 0 Å². The summed E-state index contributed by atoms with van der Waals surface area (Å²) in [5, 5.41) is 9.37. The number of halogens is 3. The lowest BCUT2D eigenvalue weighted by Gasteiger charge is -2.44. The number of nitriles is 1. The van der Waals surface area contributed by atoms with Gasteiger partial charge in [0.2, 0.25) is 0 Å². The van der Waals surface area contributed by atoms with Gasteiger partial charge in [-0.1, -0.05) is 0 Å². The maximum atomic E-state index is 12.6. The molecule has 0 aromatic rings. The molecule has 0 radical (unpaired) electrons. The fourth-order valence-electron chi connectivity index (χ4n) is 2.91. The summed E-state index contributed by atoms with van der Waals surface area (Å²) in [6.07, 6.45) is -3.36. The lowest BCUT2D eigenvalue weighted by molar-refractivity contribution is -0.187. The number of ether oxygens (including phenoxy) is 1. The van der Waals surface area contributed by atoms with E-state index in [2.05, 4.69) is 6.07 Å². The van der Waals surface area contributed by atoms with Crippen LogP contribution in [-0.2, 0) is 4.74 Å². The summed E-state index contributed by atoms with van der Waals surface area (Å²) < 4.78 is 43.1. The molecule has 0 N–H and O–H groups in total. The molecule has 1 aliphatic carbocycles. The minimum Gasteiger partial charge on any atom is -0.379 e. The average Bonchev–Trinajstić information content (AvgIpc) is 2.39. The van der Waals surface area contributed by atoms with Crippen LogP contribution in [0.15, 0.2) is 0 Å². The Bertz CT molecular complexity index is 323. The van der Waals surface area contributed by atoms with Gasteiger partial charge in [-0.25, -0.2) is 0 Å². The molecule has 1 saturated carbocycles. The summed E-state index contributed by atoms with van der Waals surface area (Å²) in [6.45, 7) is 2.41. The molecule has 102 valence electrons. The largest absolute Gasteiger partial charge is 0.391 e. The van der Waals surface area contributed by atoms with Gasteiger partial charge < -0.3 is 4.74 Å². The molecule has 3 nitrogen and oxygen atoms in total. The first-order valence-corrected chi connectivity index (χ1v) is 6.29. The molecule has 6 heteroatoms. The summed E-state index contributed by atoms with van der Waals surface area (Å²) in [5.41, 5.74) is -0.703. The third kappa shape index (κ3) is 2.62. The van der Waals surface area contributed by atoms with E-state index in [9.17, 15) is 18.4 Å². The number of hydrogen-bond acceptors (Lipinski definition) is 3. The van der Waals surface area contributed by atoms with Crippen molar-refractivity contribution in [2.45, 2.75) is 37.4 Å². The second-order valence-corrected chi connectivity index (χ2v) is 5.06. The summed E-state index contributed by atoms with van der Waals surface area (Å²) in [4.78, 5) is 2.00. The molecule has 0 aromatic carbocycles. The van der Waals surface area contributed by atoms with Crippen LogP contribution < -0.4 is 0 Å². The molecular weight excluding hydrogens is 245 g/mol. The number of hydrogen-bond donors (Lipinski definition) is 0. The maximum absolute atomic E-state index is 12.6. The van der Waals surface area contributed by atoms with Gasteiger partial charge >= 0.3 is 6.18 Å². The van der Waals surface area contributed by atoms with Crippen molar-refractivity contribution in [1.29, 1.82) is 5.26 Å². The van der Waals surface area contributed by atoms with E-state index in [4.69, 9.17) is 4.74 Å².